The summed E-state index contributed by atoms with van der Waals surface area (Å²) in [6, 6.07) is 7.66. The Morgan fingerprint density at radius 1 is 1.14 bits per heavy atom. The molecule has 0 radical (unpaired) electrons. The number of benzene rings is 1. The summed E-state index contributed by atoms with van der Waals surface area (Å²) in [6.07, 6.45) is 1.77. The first-order valence-electron chi connectivity index (χ1n) is 8.35. The topological polar surface area (TPSA) is 133 Å². The number of carbonyl (C=O) groups is 2. The van der Waals surface area contributed by atoms with E-state index >= 15 is 0 Å². The monoisotopic (exact) mass is 432 g/mol. The van der Waals surface area contributed by atoms with Crippen molar-refractivity contribution >= 4 is 25.3 Å². The zero-order valence-electron chi connectivity index (χ0n) is 18.1. The minimum atomic E-state index is 0.0238. The lowest BCUT2D eigenvalue weighted by atomic mass is 10.2. The number of nitrogens with two attached hydrogens (primary N) is 1. The second-order valence-corrected chi connectivity index (χ2v) is 7.76. The fourth-order valence-corrected chi connectivity index (χ4v) is 2.44. The predicted molar refractivity (Wildman–Crippen MR) is 119 cm³/mol. The van der Waals surface area contributed by atoms with Gasteiger partial charge in [0.2, 0.25) is 0 Å². The van der Waals surface area contributed by atoms with E-state index in [1.807, 2.05) is 56.5 Å². The lowest BCUT2D eigenvalue weighted by molar-refractivity contribution is -0.0987. The van der Waals surface area contributed by atoms with Crippen LogP contribution in [0.2, 0.25) is 0 Å². The van der Waals surface area contributed by atoms with E-state index in [0.29, 0.717) is 0 Å². The maximum atomic E-state index is 8.92. The summed E-state index contributed by atoms with van der Waals surface area (Å²) in [4.78, 5) is 18.2. The molecule has 0 spiro atoms. The number of aryl methyl sites for hydroxylation is 1. The molecule has 0 aliphatic carbocycles. The standard InChI is InChI=1S/C10H10O2.C8H19NOS.2CH2O.H3NO/c1-9-3-5-10(6-4-9)12-8-2-7-11;1-8(2,7-10)11-6-5-9(3)4;3*1-2/h3-6,11H,8H2,1H3;10H,5-7H2,1-4H3;2*1H2;2H,1H2. The van der Waals surface area contributed by atoms with E-state index in [1.54, 1.807) is 6.11 Å². The van der Waals surface area contributed by atoms with E-state index in [9.17, 15) is 0 Å². The average molecular weight is 433 g/mol. The normalized spacial score (nSPS) is 8.72. The number of hydrogen-bond donors (Lipinski definition) is 4. The number of rotatable bonds is 7. The van der Waals surface area contributed by atoms with Crippen LogP contribution < -0.4 is 10.6 Å². The third-order valence-electron chi connectivity index (χ3n) is 2.82. The molecule has 9 heteroatoms. The van der Waals surface area contributed by atoms with Gasteiger partial charge in [0.25, 0.3) is 0 Å². The highest BCUT2D eigenvalue weighted by Crippen LogP contribution is 2.22. The summed E-state index contributed by atoms with van der Waals surface area (Å²) in [5.74, 6) is 7.75. The SMILES string of the molecule is C=O.C=O.CN(C)CCSC(C)(C)CO.Cc1ccc(OCC#CO)cc1.NO. The molecule has 1 aromatic rings. The number of ether oxygens (including phenoxy) is 1. The number of aliphatic hydroxyl groups is 2. The van der Waals surface area contributed by atoms with Gasteiger partial charge in [-0.15, -0.1) is 0 Å². The first-order valence-corrected chi connectivity index (χ1v) is 9.34. The van der Waals surface area contributed by atoms with Crippen LogP contribution in [0.4, 0.5) is 0 Å². The first-order chi connectivity index (χ1) is 13.8. The molecule has 0 fully saturated rings. The molecule has 5 N–H and O–H groups in total. The van der Waals surface area contributed by atoms with Gasteiger partial charge in [0, 0.05) is 17.0 Å². The average Bonchev–Trinajstić information content (AvgIpc) is 2.74. The Balaban J connectivity index is -0.000000172. The zero-order chi connectivity index (χ0) is 23.7. The van der Waals surface area contributed by atoms with Gasteiger partial charge in [0.1, 0.15) is 25.4 Å². The molecule has 8 nitrogen and oxygen atoms in total. The third kappa shape index (κ3) is 28.2. The smallest absolute Gasteiger partial charge is 0.152 e. The van der Waals surface area contributed by atoms with Crippen LogP contribution in [0, 0.1) is 19.0 Å². The first kappa shape index (κ1) is 34.4. The number of nitrogens with zero attached hydrogens (tertiary/aromatic N) is 1. The van der Waals surface area contributed by atoms with Crippen molar-refractivity contribution in [2.75, 3.05) is 39.6 Å². The van der Waals surface area contributed by atoms with Gasteiger partial charge in [0.05, 0.1) is 6.61 Å². The maximum Gasteiger partial charge on any atom is 0.152 e. The fraction of sp³-hybridized carbons (Fsp3) is 0.500. The van der Waals surface area contributed by atoms with Crippen LogP contribution in [0.5, 0.6) is 5.75 Å². The van der Waals surface area contributed by atoms with Crippen LogP contribution in [0.1, 0.15) is 19.4 Å². The number of aliphatic hydroxyl groups excluding tert-OH is 2. The van der Waals surface area contributed by atoms with Crippen LogP contribution in [0.15, 0.2) is 24.3 Å². The Bertz CT molecular complexity index is 514. The molecule has 168 valence electrons. The van der Waals surface area contributed by atoms with E-state index in [-0.39, 0.29) is 18.0 Å². The molecule has 0 saturated carbocycles. The van der Waals surface area contributed by atoms with Crippen molar-refractivity contribution in [2.24, 2.45) is 5.90 Å². The molecule has 1 rings (SSSR count). The Morgan fingerprint density at radius 3 is 2.00 bits per heavy atom. The Morgan fingerprint density at radius 2 is 1.62 bits per heavy atom. The molecule has 0 atom stereocenters. The number of carbonyl (C=O) groups excluding carboxylic acids is 2. The van der Waals surface area contributed by atoms with E-state index in [2.05, 4.69) is 44.7 Å². The van der Waals surface area contributed by atoms with Gasteiger partial charge in [-0.25, -0.2) is 5.90 Å². The lowest BCUT2D eigenvalue weighted by Crippen LogP contribution is -2.23. The molecule has 0 aliphatic rings. The quantitative estimate of drug-likeness (QED) is 0.375. The minimum Gasteiger partial charge on any atom is -0.481 e. The second kappa shape index (κ2) is 25.9. The third-order valence-corrected chi connectivity index (χ3v) is 4.12. The molecule has 0 aromatic heterocycles. The highest BCUT2D eigenvalue weighted by atomic mass is 32.2. The van der Waals surface area contributed by atoms with E-state index in [0.717, 1.165) is 18.0 Å². The van der Waals surface area contributed by atoms with Crippen molar-refractivity contribution in [1.29, 1.82) is 0 Å². The summed E-state index contributed by atoms with van der Waals surface area (Å²) >= 11 is 1.82. The van der Waals surface area contributed by atoms with E-state index in [1.165, 1.54) is 5.56 Å². The molecule has 29 heavy (non-hydrogen) atoms. The number of hydrogen-bond acceptors (Lipinski definition) is 9. The molecule has 0 amide bonds. The second-order valence-electron chi connectivity index (χ2n) is 5.96. The van der Waals surface area contributed by atoms with Crippen molar-refractivity contribution in [2.45, 2.75) is 25.5 Å². The van der Waals surface area contributed by atoms with Crippen molar-refractivity contribution in [1.82, 2.24) is 4.90 Å². The Hall–Kier alpha value is -2.09. The van der Waals surface area contributed by atoms with E-state index < -0.39 is 0 Å². The number of thioether (sulfide) groups is 1. The van der Waals surface area contributed by atoms with Crippen molar-refractivity contribution in [3.8, 4) is 17.8 Å². The molecule has 1 aromatic carbocycles. The molecule has 0 aliphatic heterocycles. The van der Waals surface area contributed by atoms with Crippen molar-refractivity contribution in [3.05, 3.63) is 29.8 Å². The van der Waals surface area contributed by atoms with Crippen LogP contribution >= 0.6 is 11.8 Å². The highest BCUT2D eigenvalue weighted by molar-refractivity contribution is 8.00. The summed E-state index contributed by atoms with van der Waals surface area (Å²) in [7, 11) is 4.12. The van der Waals surface area contributed by atoms with Crippen LogP contribution in [-0.4, -0.2) is 78.3 Å². The lowest BCUT2D eigenvalue weighted by Gasteiger charge is -2.21. The maximum absolute atomic E-state index is 8.92. The van der Waals surface area contributed by atoms with Gasteiger partial charge in [0.15, 0.2) is 6.61 Å². The van der Waals surface area contributed by atoms with Crippen LogP contribution in [0.25, 0.3) is 0 Å². The van der Waals surface area contributed by atoms with Gasteiger partial charge in [-0.2, -0.15) is 11.8 Å². The molecule has 0 unspecified atom stereocenters. The summed E-state index contributed by atoms with van der Waals surface area (Å²) in [6.45, 7) is 11.7. The van der Waals surface area contributed by atoms with Gasteiger partial charge in [-0.05, 0) is 52.9 Å². The van der Waals surface area contributed by atoms with Crippen LogP contribution in [-0.2, 0) is 9.59 Å². The summed E-state index contributed by atoms with van der Waals surface area (Å²) in [5.41, 5.74) is 1.19. The van der Waals surface area contributed by atoms with Gasteiger partial charge < -0.3 is 34.6 Å². The van der Waals surface area contributed by atoms with Crippen molar-refractivity contribution < 1.29 is 29.7 Å². The molecule has 0 heterocycles. The fourth-order valence-electron chi connectivity index (χ4n) is 1.34. The summed E-state index contributed by atoms with van der Waals surface area (Å²) in [5, 5.41) is 23.6. The minimum absolute atomic E-state index is 0.0238. The Labute approximate surface area is 179 Å². The largest absolute Gasteiger partial charge is 0.481 e. The highest BCUT2D eigenvalue weighted by Gasteiger charge is 2.15. The molecular weight excluding hydrogens is 396 g/mol. The molecule has 0 saturated heterocycles. The predicted octanol–water partition coefficient (Wildman–Crippen LogP) is 1.72. The Kier molecular flexibility index (Phi) is 30.8. The molecule has 0 bridgehead atoms. The molecular formula is C20H36N2O6S. The van der Waals surface area contributed by atoms with Gasteiger partial charge >= 0.3 is 0 Å². The van der Waals surface area contributed by atoms with E-state index in [4.69, 9.17) is 29.7 Å². The van der Waals surface area contributed by atoms with Crippen molar-refractivity contribution in [3.63, 3.8) is 0 Å². The van der Waals surface area contributed by atoms with Crippen LogP contribution in [0.3, 0.4) is 0 Å². The zero-order valence-corrected chi connectivity index (χ0v) is 18.9. The summed E-state index contributed by atoms with van der Waals surface area (Å²) < 4.78 is 5.19. The van der Waals surface area contributed by atoms with Gasteiger partial charge in [-0.1, -0.05) is 17.7 Å². The van der Waals surface area contributed by atoms with Gasteiger partial charge in [-0.3, -0.25) is 0 Å².